The summed E-state index contributed by atoms with van der Waals surface area (Å²) in [6.45, 7) is 7.64. The molecule has 0 amide bonds. The molecule has 2 atom stereocenters. The summed E-state index contributed by atoms with van der Waals surface area (Å²) in [5, 5.41) is 34.4. The van der Waals surface area contributed by atoms with Crippen molar-refractivity contribution in [2.45, 2.75) is 19.1 Å². The van der Waals surface area contributed by atoms with E-state index in [1.54, 1.807) is 0 Å². The molecular weight excluding hydrogens is 440 g/mol. The monoisotopic (exact) mass is 474 g/mol. The largest absolute Gasteiger partial charge is 0.473 e. The summed E-state index contributed by atoms with van der Waals surface area (Å²) in [4.78, 5) is 22.7. The quantitative estimate of drug-likeness (QED) is 0.396. The number of carboxylic acids is 2. The zero-order valence-corrected chi connectivity index (χ0v) is 19.4. The summed E-state index contributed by atoms with van der Waals surface area (Å²) in [5.74, 6) is -3.65. The Bertz CT molecular complexity index is 874. The first-order valence-electron chi connectivity index (χ1n) is 11.2. The van der Waals surface area contributed by atoms with Gasteiger partial charge in [0.25, 0.3) is 0 Å². The van der Waals surface area contributed by atoms with Crippen LogP contribution in [0.2, 0.25) is 0 Å². The lowest BCUT2D eigenvalue weighted by molar-refractivity contribution is -0.159. The number of ether oxygens (including phenoxy) is 1. The van der Waals surface area contributed by atoms with E-state index in [-0.39, 0.29) is 12.7 Å². The van der Waals surface area contributed by atoms with Crippen molar-refractivity contribution in [2.24, 2.45) is 0 Å². The lowest BCUT2D eigenvalue weighted by atomic mass is 9.97. The van der Waals surface area contributed by atoms with Crippen LogP contribution in [-0.4, -0.2) is 101 Å². The van der Waals surface area contributed by atoms with Gasteiger partial charge in [-0.2, -0.15) is 0 Å². The second-order valence-electron chi connectivity index (χ2n) is 8.11. The van der Waals surface area contributed by atoms with E-state index >= 15 is 0 Å². The Labute approximate surface area is 199 Å². The number of carboxylic acid groups (broad SMARTS) is 2. The third-order valence-corrected chi connectivity index (χ3v) is 5.56. The van der Waals surface area contributed by atoms with Crippen LogP contribution >= 0.6 is 0 Å². The lowest BCUT2D eigenvalue weighted by Crippen LogP contribution is -2.49. The molecule has 0 aliphatic carbocycles. The van der Waals surface area contributed by atoms with E-state index in [9.17, 15) is 5.11 Å². The first kappa shape index (κ1) is 27.4. The Balaban J connectivity index is 0.000000604. The third kappa shape index (κ3) is 9.20. The molecule has 2 aromatic carbocycles. The van der Waals surface area contributed by atoms with E-state index < -0.39 is 18.0 Å². The first-order chi connectivity index (χ1) is 16.3. The molecule has 2 unspecified atom stereocenters. The van der Waals surface area contributed by atoms with Gasteiger partial charge >= 0.3 is 11.9 Å². The molecule has 4 N–H and O–H groups in total. The van der Waals surface area contributed by atoms with Gasteiger partial charge in [-0.3, -0.25) is 9.80 Å². The maximum Gasteiger partial charge on any atom is 0.414 e. The van der Waals surface area contributed by atoms with Crippen molar-refractivity contribution in [2.75, 3.05) is 52.5 Å². The second-order valence-corrected chi connectivity index (χ2v) is 8.11. The van der Waals surface area contributed by atoms with Crippen molar-refractivity contribution in [3.63, 3.8) is 0 Å². The molecule has 9 heteroatoms. The summed E-state index contributed by atoms with van der Waals surface area (Å²) in [6, 6.07) is 18.4. The predicted molar refractivity (Wildman–Crippen MR) is 127 cm³/mol. The van der Waals surface area contributed by atoms with Crippen molar-refractivity contribution in [3.8, 4) is 0 Å². The number of nitrogens with zero attached hydrogens (tertiary/aromatic N) is 2. The zero-order chi connectivity index (χ0) is 24.9. The summed E-state index contributed by atoms with van der Waals surface area (Å²) in [5.41, 5.74) is 3.42. The highest BCUT2D eigenvalue weighted by molar-refractivity contribution is 6.27. The molecule has 3 rings (SSSR count). The SMILES string of the molecule is Cc1ccccc1C(OCC(O)CN1CCN(CCO)CC1)c1ccccc1.O=C(O)C(=O)O. The highest BCUT2D eigenvalue weighted by Gasteiger charge is 2.21. The minimum absolute atomic E-state index is 0.182. The van der Waals surface area contributed by atoms with Crippen LogP contribution < -0.4 is 0 Å². The lowest BCUT2D eigenvalue weighted by Gasteiger charge is -2.35. The van der Waals surface area contributed by atoms with E-state index in [4.69, 9.17) is 29.6 Å². The van der Waals surface area contributed by atoms with E-state index in [0.29, 0.717) is 13.2 Å². The Hall–Kier alpha value is -2.82. The second kappa shape index (κ2) is 14.4. The van der Waals surface area contributed by atoms with E-state index in [1.807, 2.05) is 30.3 Å². The van der Waals surface area contributed by atoms with Crippen LogP contribution in [0.5, 0.6) is 0 Å². The van der Waals surface area contributed by atoms with Crippen molar-refractivity contribution in [3.05, 3.63) is 71.3 Å². The molecule has 0 radical (unpaired) electrons. The Morgan fingerprint density at radius 3 is 2.03 bits per heavy atom. The molecular formula is C25H34N2O7. The smallest absolute Gasteiger partial charge is 0.414 e. The van der Waals surface area contributed by atoms with Crippen molar-refractivity contribution < 1.29 is 34.8 Å². The van der Waals surface area contributed by atoms with E-state index in [1.165, 1.54) is 5.56 Å². The topological polar surface area (TPSA) is 131 Å². The minimum Gasteiger partial charge on any atom is -0.473 e. The third-order valence-electron chi connectivity index (χ3n) is 5.56. The number of rotatable bonds is 9. The number of aliphatic hydroxyl groups is 2. The van der Waals surface area contributed by atoms with Gasteiger partial charge in [0.15, 0.2) is 0 Å². The van der Waals surface area contributed by atoms with Gasteiger partial charge in [0.05, 0.1) is 19.3 Å². The molecule has 0 saturated carbocycles. The normalized spacial score (nSPS) is 16.2. The van der Waals surface area contributed by atoms with Crippen LogP contribution in [0.3, 0.4) is 0 Å². The van der Waals surface area contributed by atoms with Crippen LogP contribution in [0.25, 0.3) is 0 Å². The standard InChI is InChI=1S/C23H32N2O3.C2H2O4/c1-19-7-5-6-10-22(19)23(20-8-3-2-4-9-20)28-18-21(27)17-25-13-11-24(12-14-25)15-16-26;3-1(4)2(5)6/h2-10,21,23,26-27H,11-18H2,1H3;(H,3,4)(H,5,6). The number of piperazine rings is 1. The molecule has 1 saturated heterocycles. The van der Waals surface area contributed by atoms with Gasteiger partial charge in [-0.25, -0.2) is 9.59 Å². The van der Waals surface area contributed by atoms with Crippen LogP contribution in [-0.2, 0) is 14.3 Å². The Morgan fingerprint density at radius 2 is 1.47 bits per heavy atom. The van der Waals surface area contributed by atoms with Gasteiger partial charge in [0, 0.05) is 39.3 Å². The molecule has 9 nitrogen and oxygen atoms in total. The maximum absolute atomic E-state index is 10.6. The fourth-order valence-electron chi connectivity index (χ4n) is 3.77. The molecule has 1 fully saturated rings. The number of hydrogen-bond donors (Lipinski definition) is 4. The predicted octanol–water partition coefficient (Wildman–Crippen LogP) is 1.23. The maximum atomic E-state index is 10.6. The summed E-state index contributed by atoms with van der Waals surface area (Å²) < 4.78 is 6.24. The van der Waals surface area contributed by atoms with Gasteiger partial charge in [-0.1, -0.05) is 54.6 Å². The fraction of sp³-hybridized carbons (Fsp3) is 0.440. The number of aliphatic carboxylic acids is 2. The van der Waals surface area contributed by atoms with Gasteiger partial charge in [0.2, 0.25) is 0 Å². The highest BCUT2D eigenvalue weighted by atomic mass is 16.5. The first-order valence-corrected chi connectivity index (χ1v) is 11.2. The van der Waals surface area contributed by atoms with Gasteiger partial charge in [-0.15, -0.1) is 0 Å². The molecule has 186 valence electrons. The summed E-state index contributed by atoms with van der Waals surface area (Å²) >= 11 is 0. The number of hydrogen-bond acceptors (Lipinski definition) is 7. The Morgan fingerprint density at radius 1 is 0.912 bits per heavy atom. The van der Waals surface area contributed by atoms with Crippen molar-refractivity contribution in [1.82, 2.24) is 9.80 Å². The minimum atomic E-state index is -1.82. The van der Waals surface area contributed by atoms with Crippen LogP contribution in [0.1, 0.15) is 22.8 Å². The van der Waals surface area contributed by atoms with Gasteiger partial charge < -0.3 is 25.2 Å². The fourth-order valence-corrected chi connectivity index (χ4v) is 3.77. The van der Waals surface area contributed by atoms with Crippen LogP contribution in [0, 0.1) is 6.92 Å². The van der Waals surface area contributed by atoms with Crippen LogP contribution in [0.4, 0.5) is 0 Å². The summed E-state index contributed by atoms with van der Waals surface area (Å²) in [6.07, 6.45) is -0.710. The molecule has 0 aromatic heterocycles. The average Bonchev–Trinajstić information content (AvgIpc) is 2.83. The van der Waals surface area contributed by atoms with Crippen molar-refractivity contribution in [1.29, 1.82) is 0 Å². The number of carbonyl (C=O) groups is 2. The summed E-state index contributed by atoms with van der Waals surface area (Å²) in [7, 11) is 0. The number of benzene rings is 2. The van der Waals surface area contributed by atoms with Crippen LogP contribution in [0.15, 0.2) is 54.6 Å². The highest BCUT2D eigenvalue weighted by Crippen LogP contribution is 2.28. The van der Waals surface area contributed by atoms with E-state index in [0.717, 1.165) is 43.9 Å². The van der Waals surface area contributed by atoms with E-state index in [2.05, 4.69) is 41.0 Å². The molecule has 1 aliphatic heterocycles. The molecule has 1 heterocycles. The molecule has 34 heavy (non-hydrogen) atoms. The molecule has 0 bridgehead atoms. The molecule has 2 aromatic rings. The number of β-amino-alcohol motifs (C(OH)–C–C–N with tert-alkyl or cyclic N) is 2. The number of aryl methyl sites for hydroxylation is 1. The van der Waals surface area contributed by atoms with Gasteiger partial charge in [0.1, 0.15) is 6.10 Å². The Kier molecular flexibility index (Phi) is 11.7. The van der Waals surface area contributed by atoms with Crippen molar-refractivity contribution >= 4 is 11.9 Å². The molecule has 1 aliphatic rings. The average molecular weight is 475 g/mol. The van der Waals surface area contributed by atoms with Gasteiger partial charge in [-0.05, 0) is 23.6 Å². The molecule has 0 spiro atoms. The number of aliphatic hydroxyl groups excluding tert-OH is 2. The zero-order valence-electron chi connectivity index (χ0n) is 19.4.